The Morgan fingerprint density at radius 2 is 1.88 bits per heavy atom. The number of nitrogens with one attached hydrogen (secondary N) is 1. The van der Waals surface area contributed by atoms with E-state index in [2.05, 4.69) is 16.0 Å². The summed E-state index contributed by atoms with van der Waals surface area (Å²) in [5, 5.41) is 4.20. The molecule has 92 valence electrons. The van der Waals surface area contributed by atoms with Gasteiger partial charge >= 0.3 is 0 Å². The maximum atomic E-state index is 6.07. The molecule has 17 heavy (non-hydrogen) atoms. The monoisotopic (exact) mass is 269 g/mol. The molecule has 0 bridgehead atoms. The van der Waals surface area contributed by atoms with E-state index in [-0.39, 0.29) is 12.4 Å². The molecule has 0 aliphatic carbocycles. The smallest absolute Gasteiger partial charge is 0.0450 e. The van der Waals surface area contributed by atoms with Gasteiger partial charge in [-0.15, -0.1) is 0 Å². The molecule has 1 heterocycles. The molecule has 1 N–H and O–H groups in total. The number of halogens is 2. The highest BCUT2D eigenvalue weighted by Gasteiger charge is 1.99. The number of rotatable bonds is 4. The lowest BCUT2D eigenvalue weighted by molar-refractivity contribution is -0.00000326. The Morgan fingerprint density at radius 1 is 1.12 bits per heavy atom. The van der Waals surface area contributed by atoms with Crippen molar-refractivity contribution in [2.45, 2.75) is 13.1 Å². The van der Waals surface area contributed by atoms with Crippen LogP contribution in [0, 0.1) is 0 Å². The Morgan fingerprint density at radius 3 is 2.53 bits per heavy atom. The summed E-state index contributed by atoms with van der Waals surface area (Å²) in [7, 11) is 2.05. The average molecular weight is 270 g/mol. The van der Waals surface area contributed by atoms with E-state index in [1.807, 2.05) is 43.6 Å². The highest BCUT2D eigenvalue weighted by Crippen LogP contribution is 2.14. The third kappa shape index (κ3) is 3.77. The lowest BCUT2D eigenvalue weighted by atomic mass is 10.2. The third-order valence-electron chi connectivity index (χ3n) is 2.63. The summed E-state index contributed by atoms with van der Waals surface area (Å²) >= 11 is 6.07. The SMILES string of the molecule is Cn1cccc1CNCc1ccccc1Cl.[Cl-]. The van der Waals surface area contributed by atoms with E-state index < -0.39 is 0 Å². The molecule has 0 saturated carbocycles. The molecule has 0 saturated heterocycles. The minimum Gasteiger partial charge on any atom is -1.00 e. The molecule has 4 heteroatoms. The molecule has 0 fully saturated rings. The predicted octanol–water partition coefficient (Wildman–Crippen LogP) is -0.0277. The van der Waals surface area contributed by atoms with Crippen LogP contribution in [-0.2, 0) is 20.1 Å². The fourth-order valence-electron chi connectivity index (χ4n) is 1.65. The van der Waals surface area contributed by atoms with Crippen LogP contribution in [-0.4, -0.2) is 4.57 Å². The van der Waals surface area contributed by atoms with Crippen LogP contribution in [0.2, 0.25) is 5.02 Å². The van der Waals surface area contributed by atoms with Gasteiger partial charge in [-0.1, -0.05) is 29.8 Å². The first kappa shape index (κ1) is 14.1. The molecule has 0 spiro atoms. The first-order valence-electron chi connectivity index (χ1n) is 5.31. The van der Waals surface area contributed by atoms with Gasteiger partial charge in [-0.25, -0.2) is 0 Å². The fourth-order valence-corrected chi connectivity index (χ4v) is 1.85. The standard InChI is InChI=1S/C13H15ClN2.ClH/c1-16-8-4-6-12(16)10-15-9-11-5-2-3-7-13(11)14;/h2-8,15H,9-10H2,1H3;1H/p-1. The number of hydrogen-bond acceptors (Lipinski definition) is 1. The van der Waals surface area contributed by atoms with Crippen LogP contribution in [0.4, 0.5) is 0 Å². The van der Waals surface area contributed by atoms with Crippen molar-refractivity contribution in [3.8, 4) is 0 Å². The summed E-state index contributed by atoms with van der Waals surface area (Å²) in [6.07, 6.45) is 2.05. The highest BCUT2D eigenvalue weighted by atomic mass is 35.5. The van der Waals surface area contributed by atoms with Crippen LogP contribution in [0.25, 0.3) is 0 Å². The second-order valence-electron chi connectivity index (χ2n) is 3.81. The van der Waals surface area contributed by atoms with Crippen molar-refractivity contribution in [2.75, 3.05) is 0 Å². The van der Waals surface area contributed by atoms with E-state index >= 15 is 0 Å². The summed E-state index contributed by atoms with van der Waals surface area (Å²) in [6.45, 7) is 1.65. The van der Waals surface area contributed by atoms with Gasteiger partial charge in [-0.05, 0) is 23.8 Å². The Kier molecular flexibility index (Phi) is 5.56. The maximum Gasteiger partial charge on any atom is 0.0450 e. The number of aromatic nitrogens is 1. The Balaban J connectivity index is 0.00000144. The Labute approximate surface area is 113 Å². The summed E-state index contributed by atoms with van der Waals surface area (Å²) in [6, 6.07) is 12.1. The van der Waals surface area contributed by atoms with Crippen molar-refractivity contribution in [2.24, 2.45) is 7.05 Å². The van der Waals surface area contributed by atoms with Crippen LogP contribution >= 0.6 is 11.6 Å². The van der Waals surface area contributed by atoms with Crippen LogP contribution in [0.3, 0.4) is 0 Å². The number of nitrogens with zero attached hydrogens (tertiary/aromatic N) is 1. The van der Waals surface area contributed by atoms with Crippen LogP contribution in [0.1, 0.15) is 11.3 Å². The lowest BCUT2D eigenvalue weighted by Gasteiger charge is -2.07. The maximum absolute atomic E-state index is 6.07. The minimum atomic E-state index is 0. The molecule has 0 atom stereocenters. The van der Waals surface area contributed by atoms with Gasteiger partial charge in [0.05, 0.1) is 0 Å². The molecule has 0 aliphatic rings. The summed E-state index contributed by atoms with van der Waals surface area (Å²) in [5.74, 6) is 0. The molecule has 0 radical (unpaired) electrons. The molecule has 0 unspecified atom stereocenters. The summed E-state index contributed by atoms with van der Waals surface area (Å²) < 4.78 is 2.11. The van der Waals surface area contributed by atoms with Gasteiger partial charge in [0.1, 0.15) is 0 Å². The third-order valence-corrected chi connectivity index (χ3v) is 3.00. The zero-order valence-electron chi connectivity index (χ0n) is 9.66. The van der Waals surface area contributed by atoms with Crippen molar-refractivity contribution in [1.29, 1.82) is 0 Å². The first-order chi connectivity index (χ1) is 7.77. The summed E-state index contributed by atoms with van der Waals surface area (Å²) in [4.78, 5) is 0. The molecule has 0 aliphatic heterocycles. The van der Waals surface area contributed by atoms with Gasteiger partial charge in [0.25, 0.3) is 0 Å². The molecule has 2 aromatic rings. The predicted molar refractivity (Wildman–Crippen MR) is 67.4 cm³/mol. The summed E-state index contributed by atoms with van der Waals surface area (Å²) in [5.41, 5.74) is 2.41. The first-order valence-corrected chi connectivity index (χ1v) is 5.69. The minimum absolute atomic E-state index is 0. The molecular formula is C13H15Cl2N2-. The Bertz CT molecular complexity index is 466. The van der Waals surface area contributed by atoms with Gasteiger partial charge in [-0.3, -0.25) is 0 Å². The average Bonchev–Trinajstić information content (AvgIpc) is 2.67. The highest BCUT2D eigenvalue weighted by molar-refractivity contribution is 6.31. The van der Waals surface area contributed by atoms with E-state index in [0.717, 1.165) is 23.7 Å². The second kappa shape index (κ2) is 6.70. The van der Waals surface area contributed by atoms with E-state index in [9.17, 15) is 0 Å². The number of hydrogen-bond donors (Lipinski definition) is 1. The van der Waals surface area contributed by atoms with Crippen molar-refractivity contribution in [1.82, 2.24) is 9.88 Å². The zero-order valence-corrected chi connectivity index (χ0v) is 11.2. The van der Waals surface area contributed by atoms with Crippen molar-refractivity contribution < 1.29 is 12.4 Å². The lowest BCUT2D eigenvalue weighted by Crippen LogP contribution is -3.00. The molecular weight excluding hydrogens is 255 g/mol. The molecule has 2 nitrogen and oxygen atoms in total. The van der Waals surface area contributed by atoms with Gasteiger partial charge in [0.15, 0.2) is 0 Å². The zero-order chi connectivity index (χ0) is 11.4. The largest absolute Gasteiger partial charge is 1.00 e. The van der Waals surface area contributed by atoms with E-state index in [0.29, 0.717) is 0 Å². The van der Waals surface area contributed by atoms with Gasteiger partial charge in [-0.2, -0.15) is 0 Å². The van der Waals surface area contributed by atoms with Crippen molar-refractivity contribution in [3.05, 3.63) is 58.9 Å². The van der Waals surface area contributed by atoms with E-state index in [1.165, 1.54) is 5.69 Å². The van der Waals surface area contributed by atoms with Gasteiger partial charge in [0.2, 0.25) is 0 Å². The van der Waals surface area contributed by atoms with Crippen molar-refractivity contribution in [3.63, 3.8) is 0 Å². The Hall–Kier alpha value is -0.960. The number of benzene rings is 1. The molecule has 1 aromatic heterocycles. The quantitative estimate of drug-likeness (QED) is 0.826. The number of aryl methyl sites for hydroxylation is 1. The van der Waals surface area contributed by atoms with E-state index in [4.69, 9.17) is 11.6 Å². The van der Waals surface area contributed by atoms with Crippen LogP contribution < -0.4 is 17.7 Å². The molecule has 0 amide bonds. The van der Waals surface area contributed by atoms with Gasteiger partial charge in [0, 0.05) is 37.1 Å². The van der Waals surface area contributed by atoms with Crippen molar-refractivity contribution >= 4 is 11.6 Å². The topological polar surface area (TPSA) is 17.0 Å². The van der Waals surface area contributed by atoms with E-state index in [1.54, 1.807) is 0 Å². The second-order valence-corrected chi connectivity index (χ2v) is 4.21. The normalized spacial score (nSPS) is 10.0. The van der Waals surface area contributed by atoms with Gasteiger partial charge < -0.3 is 22.3 Å². The fraction of sp³-hybridized carbons (Fsp3) is 0.231. The van der Waals surface area contributed by atoms with Crippen LogP contribution in [0.15, 0.2) is 42.6 Å². The van der Waals surface area contributed by atoms with Crippen LogP contribution in [0.5, 0.6) is 0 Å². The molecule has 2 rings (SSSR count). The molecule has 1 aromatic carbocycles.